The highest BCUT2D eigenvalue weighted by molar-refractivity contribution is 5.93. The van der Waals surface area contributed by atoms with Gasteiger partial charge in [0.25, 0.3) is 0 Å². The van der Waals surface area contributed by atoms with Gasteiger partial charge in [-0.25, -0.2) is 4.79 Å². The molecule has 24 heavy (non-hydrogen) atoms. The van der Waals surface area contributed by atoms with Gasteiger partial charge in [-0.05, 0) is 42.2 Å². The molecule has 1 N–H and O–H groups in total. The number of allylic oxidation sites excluding steroid dienone is 4. The molecule has 1 aromatic carbocycles. The third-order valence-corrected chi connectivity index (χ3v) is 3.73. The number of aliphatic carboxylic acids is 1. The van der Waals surface area contributed by atoms with E-state index in [1.165, 1.54) is 12.2 Å². The number of carboxylic acid groups (broad SMARTS) is 1. The fraction of sp³-hybridized carbons (Fsp3) is 0.211. The van der Waals surface area contributed by atoms with Crippen LogP contribution in [0.15, 0.2) is 48.1 Å². The molecule has 5 nitrogen and oxygen atoms in total. The Morgan fingerprint density at radius 2 is 2.08 bits per heavy atom. The number of carbonyl (C=O) groups excluding carboxylic acids is 1. The van der Waals surface area contributed by atoms with Gasteiger partial charge in [-0.15, -0.1) is 0 Å². The summed E-state index contributed by atoms with van der Waals surface area (Å²) in [5, 5.41) is 17.3. The van der Waals surface area contributed by atoms with E-state index in [2.05, 4.69) is 6.07 Å². The maximum absolute atomic E-state index is 11.7. The van der Waals surface area contributed by atoms with Crippen LogP contribution >= 0.6 is 0 Å². The summed E-state index contributed by atoms with van der Waals surface area (Å²) >= 11 is 0. The lowest BCUT2D eigenvalue weighted by Crippen LogP contribution is -2.33. The molecule has 1 aromatic rings. The number of carboxylic acids is 1. The Labute approximate surface area is 140 Å². The number of benzene rings is 1. The largest absolute Gasteiger partial charge is 0.477 e. The van der Waals surface area contributed by atoms with Gasteiger partial charge in [0, 0.05) is 19.2 Å². The third kappa shape index (κ3) is 4.20. The zero-order valence-corrected chi connectivity index (χ0v) is 13.4. The molecular weight excluding hydrogens is 304 g/mol. The molecule has 0 atom stereocenters. The Balaban J connectivity index is 2.11. The van der Waals surface area contributed by atoms with E-state index in [0.717, 1.165) is 36.2 Å². The van der Waals surface area contributed by atoms with E-state index in [1.807, 2.05) is 18.2 Å². The molecule has 122 valence electrons. The van der Waals surface area contributed by atoms with Crippen LogP contribution in [0.5, 0.6) is 0 Å². The van der Waals surface area contributed by atoms with Gasteiger partial charge in [-0.1, -0.05) is 30.4 Å². The van der Waals surface area contributed by atoms with Crippen molar-refractivity contribution in [2.45, 2.75) is 19.8 Å². The molecule has 0 saturated heterocycles. The van der Waals surface area contributed by atoms with Crippen molar-refractivity contribution < 1.29 is 14.7 Å². The van der Waals surface area contributed by atoms with Gasteiger partial charge in [0.15, 0.2) is 0 Å². The average Bonchev–Trinajstić information content (AvgIpc) is 2.56. The minimum Gasteiger partial charge on any atom is -0.477 e. The summed E-state index contributed by atoms with van der Waals surface area (Å²) < 4.78 is 0. The van der Waals surface area contributed by atoms with Crippen molar-refractivity contribution in [3.8, 4) is 6.07 Å². The highest BCUT2D eigenvalue weighted by atomic mass is 16.4. The van der Waals surface area contributed by atoms with Crippen molar-refractivity contribution in [3.05, 3.63) is 59.2 Å². The number of anilines is 1. The highest BCUT2D eigenvalue weighted by Crippen LogP contribution is 2.28. The fourth-order valence-corrected chi connectivity index (χ4v) is 2.59. The van der Waals surface area contributed by atoms with E-state index in [-0.39, 0.29) is 11.5 Å². The van der Waals surface area contributed by atoms with E-state index in [0.29, 0.717) is 0 Å². The second kappa shape index (κ2) is 7.93. The van der Waals surface area contributed by atoms with Crippen LogP contribution in [0.4, 0.5) is 5.69 Å². The first-order valence-corrected chi connectivity index (χ1v) is 7.62. The first-order valence-electron chi connectivity index (χ1n) is 7.62. The predicted octanol–water partition coefficient (Wildman–Crippen LogP) is 3.09. The summed E-state index contributed by atoms with van der Waals surface area (Å²) in [5.41, 5.74) is 2.83. The minimum absolute atomic E-state index is 0.0562. The summed E-state index contributed by atoms with van der Waals surface area (Å²) in [6, 6.07) is 7.57. The Hall–Kier alpha value is -3.13. The molecule has 0 bridgehead atoms. The van der Waals surface area contributed by atoms with E-state index < -0.39 is 5.97 Å². The highest BCUT2D eigenvalue weighted by Gasteiger charge is 2.19. The van der Waals surface area contributed by atoms with Crippen LogP contribution in [0.1, 0.15) is 24.5 Å². The minimum atomic E-state index is -1.24. The van der Waals surface area contributed by atoms with E-state index in [9.17, 15) is 9.59 Å². The number of hydrogen-bond donors (Lipinski definition) is 1. The number of nitrogens with zero attached hydrogens (tertiary/aromatic N) is 2. The maximum Gasteiger partial charge on any atom is 0.346 e. The maximum atomic E-state index is 11.7. The second-order valence-corrected chi connectivity index (χ2v) is 5.40. The molecule has 1 aliphatic heterocycles. The molecule has 0 fully saturated rings. The number of aryl methyl sites for hydroxylation is 1. The van der Waals surface area contributed by atoms with Gasteiger partial charge < -0.3 is 10.0 Å². The lowest BCUT2D eigenvalue weighted by atomic mass is 9.99. The van der Waals surface area contributed by atoms with Gasteiger partial charge in [0.1, 0.15) is 11.6 Å². The zero-order valence-electron chi connectivity index (χ0n) is 13.4. The predicted molar refractivity (Wildman–Crippen MR) is 92.3 cm³/mol. The van der Waals surface area contributed by atoms with Gasteiger partial charge in [-0.2, -0.15) is 5.26 Å². The second-order valence-electron chi connectivity index (χ2n) is 5.40. The summed E-state index contributed by atoms with van der Waals surface area (Å²) in [6.45, 7) is 2.34. The van der Waals surface area contributed by atoms with Crippen molar-refractivity contribution in [1.29, 1.82) is 5.26 Å². The molecule has 0 radical (unpaired) electrons. The number of amides is 1. The van der Waals surface area contributed by atoms with Crippen LogP contribution < -0.4 is 4.90 Å². The van der Waals surface area contributed by atoms with Gasteiger partial charge in [0.05, 0.1) is 0 Å². The molecule has 0 spiro atoms. The Kier molecular flexibility index (Phi) is 5.69. The average molecular weight is 322 g/mol. The smallest absolute Gasteiger partial charge is 0.346 e. The van der Waals surface area contributed by atoms with Crippen molar-refractivity contribution >= 4 is 23.6 Å². The Bertz CT molecular complexity index is 782. The number of rotatable bonds is 4. The molecule has 5 heteroatoms. The van der Waals surface area contributed by atoms with E-state index in [1.54, 1.807) is 30.0 Å². The quantitative estimate of drug-likeness (QED) is 0.525. The van der Waals surface area contributed by atoms with Crippen molar-refractivity contribution in [2.24, 2.45) is 0 Å². The first-order chi connectivity index (χ1) is 11.5. The van der Waals surface area contributed by atoms with Gasteiger partial charge >= 0.3 is 5.97 Å². The topological polar surface area (TPSA) is 81.4 Å². The monoisotopic (exact) mass is 322 g/mol. The summed E-state index contributed by atoms with van der Waals surface area (Å²) in [4.78, 5) is 24.1. The van der Waals surface area contributed by atoms with Crippen LogP contribution in [-0.2, 0) is 16.0 Å². The van der Waals surface area contributed by atoms with Crippen LogP contribution in [0.3, 0.4) is 0 Å². The zero-order chi connectivity index (χ0) is 17.5. The third-order valence-electron chi connectivity index (χ3n) is 3.73. The molecule has 1 amide bonds. The lowest BCUT2D eigenvalue weighted by molar-refractivity contribution is -0.132. The van der Waals surface area contributed by atoms with Crippen LogP contribution in [0, 0.1) is 11.3 Å². The normalized spacial score (nSPS) is 14.7. The molecule has 0 saturated carbocycles. The number of fused-ring (bicyclic) bond motifs is 1. The lowest BCUT2D eigenvalue weighted by Gasteiger charge is -2.28. The summed E-state index contributed by atoms with van der Waals surface area (Å²) in [6.07, 6.45) is 10.0. The summed E-state index contributed by atoms with van der Waals surface area (Å²) in [7, 11) is 0. The van der Waals surface area contributed by atoms with Crippen LogP contribution in [0.2, 0.25) is 0 Å². The van der Waals surface area contributed by atoms with E-state index >= 15 is 0 Å². The molecular formula is C19H18N2O3. The van der Waals surface area contributed by atoms with E-state index in [4.69, 9.17) is 10.4 Å². The molecule has 2 rings (SSSR count). The molecule has 1 aliphatic rings. The van der Waals surface area contributed by atoms with Crippen LogP contribution in [0.25, 0.3) is 6.08 Å². The number of nitriles is 1. The molecule has 1 heterocycles. The SMILES string of the molecule is CC(=O)N1CCCc2cc(/C=C/C=C/C=C(\C#N)C(=O)O)ccc21. The summed E-state index contributed by atoms with van der Waals surface area (Å²) in [5.74, 6) is -1.18. The van der Waals surface area contributed by atoms with Gasteiger partial charge in [-0.3, -0.25) is 4.79 Å². The molecule has 0 aliphatic carbocycles. The van der Waals surface area contributed by atoms with Crippen LogP contribution in [-0.4, -0.2) is 23.5 Å². The standard InChI is InChI=1S/C19H18N2O3/c1-14(22)21-11-5-8-16-12-15(9-10-18(16)21)6-3-2-4-7-17(13-20)19(23)24/h2-4,6-7,9-10,12H,5,8,11H2,1H3,(H,23,24)/b4-2+,6-3+,17-7+. The van der Waals surface area contributed by atoms with Crippen molar-refractivity contribution in [1.82, 2.24) is 0 Å². The van der Waals surface area contributed by atoms with Crippen molar-refractivity contribution in [2.75, 3.05) is 11.4 Å². The first kappa shape index (κ1) is 17.2. The molecule has 0 aromatic heterocycles. The molecule has 0 unspecified atom stereocenters. The fourth-order valence-electron chi connectivity index (χ4n) is 2.59. The van der Waals surface area contributed by atoms with Gasteiger partial charge in [0.2, 0.25) is 5.91 Å². The Morgan fingerprint density at radius 3 is 2.75 bits per heavy atom. The number of hydrogen-bond acceptors (Lipinski definition) is 3. The number of carbonyl (C=O) groups is 2. The Morgan fingerprint density at radius 1 is 1.29 bits per heavy atom. The van der Waals surface area contributed by atoms with Crippen molar-refractivity contribution in [3.63, 3.8) is 0 Å².